The van der Waals surface area contributed by atoms with E-state index in [1.54, 1.807) is 0 Å². The Bertz CT molecular complexity index is 510. The summed E-state index contributed by atoms with van der Waals surface area (Å²) >= 11 is 1.45. The molecule has 116 valence electrons. The second-order valence-corrected chi connectivity index (χ2v) is 6.50. The molecule has 0 saturated carbocycles. The summed E-state index contributed by atoms with van der Waals surface area (Å²) in [4.78, 5) is 14.6. The first-order valence-electron chi connectivity index (χ1n) is 6.90. The summed E-state index contributed by atoms with van der Waals surface area (Å²) in [5.41, 5.74) is 2.26. The molecule has 0 aromatic heterocycles. The Balaban J connectivity index is 1.94. The molecule has 0 aliphatic carbocycles. The quantitative estimate of drug-likeness (QED) is 0.701. The lowest BCUT2D eigenvalue weighted by atomic mass is 10.0. The Kier molecular flexibility index (Phi) is 5.27. The number of hydrogen-bond acceptors (Lipinski definition) is 5. The molecule has 1 aliphatic rings. The molecule has 0 radical (unpaired) electrons. The second-order valence-electron chi connectivity index (χ2n) is 5.48. The smallest absolute Gasteiger partial charge is 0.233 e. The zero-order valence-corrected chi connectivity index (χ0v) is 13.0. The van der Waals surface area contributed by atoms with Crippen LogP contribution in [0.5, 0.6) is 0 Å². The van der Waals surface area contributed by atoms with E-state index < -0.39 is 18.3 Å². The fraction of sp³-hybridized carbons (Fsp3) is 0.533. The number of rotatable bonds is 3. The summed E-state index contributed by atoms with van der Waals surface area (Å²) < 4.78 is 0. The molecular weight excluding hydrogens is 290 g/mol. The maximum absolute atomic E-state index is 12.2. The fourth-order valence-corrected chi connectivity index (χ4v) is 3.32. The number of aryl methyl sites for hydroxylation is 2. The van der Waals surface area contributed by atoms with Crippen molar-refractivity contribution in [3.63, 3.8) is 0 Å². The lowest BCUT2D eigenvalue weighted by Gasteiger charge is -2.36. The van der Waals surface area contributed by atoms with Gasteiger partial charge in [-0.2, -0.15) is 0 Å². The minimum Gasteiger partial charge on any atom is -0.388 e. The molecule has 1 amide bonds. The van der Waals surface area contributed by atoms with E-state index in [9.17, 15) is 20.1 Å². The first-order valence-corrected chi connectivity index (χ1v) is 7.89. The predicted octanol–water partition coefficient (Wildman–Crippen LogP) is 0.320. The average molecular weight is 311 g/mol. The normalized spacial score (nSPS) is 26.0. The lowest BCUT2D eigenvalue weighted by molar-refractivity contribution is -0.146. The molecule has 3 atom stereocenters. The van der Waals surface area contributed by atoms with Crippen LogP contribution < -0.4 is 0 Å². The summed E-state index contributed by atoms with van der Waals surface area (Å²) in [5, 5.41) is 28.7. The third-order valence-corrected chi connectivity index (χ3v) is 4.79. The Hall–Kier alpha value is -1.08. The van der Waals surface area contributed by atoms with Gasteiger partial charge in [-0.05, 0) is 25.5 Å². The summed E-state index contributed by atoms with van der Waals surface area (Å²) in [5.74, 6) is 0.103. The number of nitrogens with zero attached hydrogens (tertiary/aromatic N) is 1. The van der Waals surface area contributed by atoms with Crippen LogP contribution in [0, 0.1) is 13.8 Å². The van der Waals surface area contributed by atoms with Crippen molar-refractivity contribution in [2.75, 3.05) is 18.8 Å². The average Bonchev–Trinajstić information content (AvgIpc) is 2.44. The maximum Gasteiger partial charge on any atom is 0.233 e. The third kappa shape index (κ3) is 3.97. The van der Waals surface area contributed by atoms with E-state index in [-0.39, 0.29) is 24.7 Å². The van der Waals surface area contributed by atoms with Gasteiger partial charge in [0.25, 0.3) is 0 Å². The minimum atomic E-state index is -1.18. The van der Waals surface area contributed by atoms with E-state index in [2.05, 4.69) is 0 Å². The summed E-state index contributed by atoms with van der Waals surface area (Å²) in [7, 11) is 0. The molecule has 3 N–H and O–H groups in total. The van der Waals surface area contributed by atoms with E-state index >= 15 is 0 Å². The van der Waals surface area contributed by atoms with Gasteiger partial charge in [0.15, 0.2) is 0 Å². The molecule has 5 nitrogen and oxygen atoms in total. The summed E-state index contributed by atoms with van der Waals surface area (Å²) in [6.45, 7) is 4.12. The van der Waals surface area contributed by atoms with Crippen LogP contribution in [0.1, 0.15) is 11.1 Å². The van der Waals surface area contributed by atoms with Gasteiger partial charge in [-0.15, -0.1) is 11.8 Å². The minimum absolute atomic E-state index is 0.0599. The Morgan fingerprint density at radius 1 is 1.24 bits per heavy atom. The van der Waals surface area contributed by atoms with Crippen molar-refractivity contribution >= 4 is 17.7 Å². The topological polar surface area (TPSA) is 81.0 Å². The Morgan fingerprint density at radius 3 is 2.48 bits per heavy atom. The van der Waals surface area contributed by atoms with Gasteiger partial charge < -0.3 is 20.2 Å². The summed E-state index contributed by atoms with van der Waals surface area (Å²) in [6, 6.07) is 6.09. The van der Waals surface area contributed by atoms with Gasteiger partial charge in [-0.1, -0.05) is 17.7 Å². The largest absolute Gasteiger partial charge is 0.388 e. The number of thioether (sulfide) groups is 1. The van der Waals surface area contributed by atoms with Crippen molar-refractivity contribution in [3.8, 4) is 0 Å². The zero-order chi connectivity index (χ0) is 15.6. The lowest BCUT2D eigenvalue weighted by Crippen LogP contribution is -2.57. The molecule has 1 saturated heterocycles. The number of carbonyl (C=O) groups is 1. The number of carbonyl (C=O) groups excluding carboxylic acids is 1. The van der Waals surface area contributed by atoms with Crippen molar-refractivity contribution < 1.29 is 20.1 Å². The highest BCUT2D eigenvalue weighted by Crippen LogP contribution is 2.24. The zero-order valence-electron chi connectivity index (χ0n) is 12.2. The van der Waals surface area contributed by atoms with Gasteiger partial charge in [0.05, 0.1) is 5.75 Å². The molecular formula is C15H21NO4S. The van der Waals surface area contributed by atoms with Crippen LogP contribution in [-0.4, -0.2) is 63.3 Å². The third-order valence-electron chi connectivity index (χ3n) is 3.65. The monoisotopic (exact) mass is 311 g/mol. The predicted molar refractivity (Wildman–Crippen MR) is 81.2 cm³/mol. The van der Waals surface area contributed by atoms with Gasteiger partial charge in [0.2, 0.25) is 5.91 Å². The number of β-amino-alcohol motifs (C(OH)–C–C–N with tert-alkyl or cyclic N) is 2. The highest BCUT2D eigenvalue weighted by molar-refractivity contribution is 8.00. The van der Waals surface area contributed by atoms with E-state index in [1.165, 1.54) is 16.7 Å². The van der Waals surface area contributed by atoms with Crippen molar-refractivity contribution in [1.82, 2.24) is 4.90 Å². The van der Waals surface area contributed by atoms with E-state index in [4.69, 9.17) is 0 Å². The van der Waals surface area contributed by atoms with E-state index in [0.717, 1.165) is 16.0 Å². The van der Waals surface area contributed by atoms with Gasteiger partial charge in [-0.3, -0.25) is 4.79 Å². The highest BCUT2D eigenvalue weighted by atomic mass is 32.2. The van der Waals surface area contributed by atoms with Gasteiger partial charge in [0.1, 0.15) is 18.3 Å². The van der Waals surface area contributed by atoms with E-state index in [0.29, 0.717) is 0 Å². The SMILES string of the molecule is Cc1ccc(C)c(SCC(=O)N2C[C@@H](O)C(O)[C@@H](O)C2)c1. The van der Waals surface area contributed by atoms with Crippen LogP contribution in [-0.2, 0) is 4.79 Å². The number of amides is 1. The molecule has 1 aromatic rings. The number of hydrogen-bond donors (Lipinski definition) is 3. The first-order chi connectivity index (χ1) is 9.88. The van der Waals surface area contributed by atoms with Crippen LogP contribution in [0.4, 0.5) is 0 Å². The Morgan fingerprint density at radius 2 is 1.86 bits per heavy atom. The fourth-order valence-electron chi connectivity index (χ4n) is 2.30. The van der Waals surface area contributed by atoms with Crippen LogP contribution in [0.25, 0.3) is 0 Å². The molecule has 1 fully saturated rings. The van der Waals surface area contributed by atoms with Crippen molar-refractivity contribution in [2.45, 2.75) is 37.1 Å². The van der Waals surface area contributed by atoms with E-state index in [1.807, 2.05) is 32.0 Å². The van der Waals surface area contributed by atoms with Crippen LogP contribution >= 0.6 is 11.8 Å². The van der Waals surface area contributed by atoms with Gasteiger partial charge in [-0.25, -0.2) is 0 Å². The number of aliphatic hydroxyl groups excluding tert-OH is 3. The van der Waals surface area contributed by atoms with Crippen LogP contribution in [0.2, 0.25) is 0 Å². The molecule has 2 rings (SSSR count). The van der Waals surface area contributed by atoms with Gasteiger partial charge in [0, 0.05) is 18.0 Å². The number of aliphatic hydroxyl groups is 3. The molecule has 21 heavy (non-hydrogen) atoms. The maximum atomic E-state index is 12.2. The number of likely N-dealkylation sites (tertiary alicyclic amines) is 1. The number of piperidine rings is 1. The molecule has 6 heteroatoms. The summed E-state index contributed by atoms with van der Waals surface area (Å²) in [6.07, 6.45) is -3.37. The molecule has 1 aromatic carbocycles. The molecule has 0 spiro atoms. The van der Waals surface area contributed by atoms with Crippen molar-refractivity contribution in [3.05, 3.63) is 29.3 Å². The molecule has 1 unspecified atom stereocenters. The molecule has 1 aliphatic heterocycles. The first kappa shape index (κ1) is 16.3. The Labute approximate surface area is 128 Å². The second kappa shape index (κ2) is 6.79. The standard InChI is InChI=1S/C15H21NO4S/c1-9-3-4-10(2)13(5-9)21-8-14(19)16-6-11(17)15(20)12(18)7-16/h3-5,11-12,15,17-18,20H,6-8H2,1-2H3/t11-,12+,15?. The van der Waals surface area contributed by atoms with Crippen LogP contribution in [0.15, 0.2) is 23.1 Å². The van der Waals surface area contributed by atoms with Gasteiger partial charge >= 0.3 is 0 Å². The highest BCUT2D eigenvalue weighted by Gasteiger charge is 2.35. The molecule has 0 bridgehead atoms. The van der Waals surface area contributed by atoms with Crippen molar-refractivity contribution in [1.29, 1.82) is 0 Å². The number of benzene rings is 1. The van der Waals surface area contributed by atoms with Crippen molar-refractivity contribution in [2.24, 2.45) is 0 Å². The van der Waals surface area contributed by atoms with Crippen LogP contribution in [0.3, 0.4) is 0 Å². The molecule has 1 heterocycles.